The van der Waals surface area contributed by atoms with Crippen LogP contribution in [0, 0.1) is 0 Å². The van der Waals surface area contributed by atoms with Crippen LogP contribution in [-0.4, -0.2) is 29.1 Å². The summed E-state index contributed by atoms with van der Waals surface area (Å²) in [6.45, 7) is 3.56. The van der Waals surface area contributed by atoms with Gasteiger partial charge in [-0.2, -0.15) is 0 Å². The van der Waals surface area contributed by atoms with Crippen LogP contribution in [0.3, 0.4) is 0 Å². The summed E-state index contributed by atoms with van der Waals surface area (Å²) >= 11 is 3.21. The van der Waals surface area contributed by atoms with E-state index < -0.39 is 12.0 Å². The normalized spacial score (nSPS) is 15.3. The van der Waals surface area contributed by atoms with Crippen LogP contribution in [0.1, 0.15) is 25.6 Å². The van der Waals surface area contributed by atoms with Gasteiger partial charge in [0.25, 0.3) is 0 Å². The van der Waals surface area contributed by atoms with Crippen LogP contribution < -0.4 is 0 Å². The van der Waals surface area contributed by atoms with E-state index in [4.69, 9.17) is 9.52 Å². The summed E-state index contributed by atoms with van der Waals surface area (Å²) in [5, 5.41) is 8.87. The first kappa shape index (κ1) is 12.3. The van der Waals surface area contributed by atoms with Crippen LogP contribution in [0.4, 0.5) is 0 Å². The summed E-state index contributed by atoms with van der Waals surface area (Å²) in [7, 11) is 1.76. The van der Waals surface area contributed by atoms with Gasteiger partial charge in [-0.1, -0.05) is 0 Å². The SMILES string of the molecule is CC(C(=O)O)N(C)C(C)c1ccc(Br)o1. The third kappa shape index (κ3) is 2.82. The van der Waals surface area contributed by atoms with Gasteiger partial charge in [0.15, 0.2) is 4.67 Å². The van der Waals surface area contributed by atoms with Crippen molar-refractivity contribution in [3.63, 3.8) is 0 Å². The third-order valence-electron chi connectivity index (χ3n) is 2.58. The molecule has 2 unspecified atom stereocenters. The molecule has 0 aliphatic heterocycles. The molecule has 0 saturated heterocycles. The van der Waals surface area contributed by atoms with Crippen molar-refractivity contribution in [2.24, 2.45) is 0 Å². The average molecular weight is 276 g/mol. The van der Waals surface area contributed by atoms with E-state index >= 15 is 0 Å². The Kier molecular flexibility index (Phi) is 3.93. The maximum absolute atomic E-state index is 10.8. The van der Waals surface area contributed by atoms with E-state index in [1.165, 1.54) is 0 Å². The molecule has 0 aliphatic rings. The highest BCUT2D eigenvalue weighted by atomic mass is 79.9. The molecule has 4 nitrogen and oxygen atoms in total. The smallest absolute Gasteiger partial charge is 0.320 e. The van der Waals surface area contributed by atoms with Crippen LogP contribution in [0.5, 0.6) is 0 Å². The van der Waals surface area contributed by atoms with Crippen LogP contribution in [0.2, 0.25) is 0 Å². The van der Waals surface area contributed by atoms with Gasteiger partial charge in [-0.3, -0.25) is 9.69 Å². The van der Waals surface area contributed by atoms with E-state index in [1.54, 1.807) is 24.9 Å². The fourth-order valence-electron chi connectivity index (χ4n) is 1.26. The van der Waals surface area contributed by atoms with Crippen LogP contribution >= 0.6 is 15.9 Å². The maximum atomic E-state index is 10.8. The number of rotatable bonds is 4. The van der Waals surface area contributed by atoms with E-state index in [0.717, 1.165) is 5.76 Å². The van der Waals surface area contributed by atoms with Crippen molar-refractivity contribution < 1.29 is 14.3 Å². The lowest BCUT2D eigenvalue weighted by molar-refractivity contribution is -0.142. The van der Waals surface area contributed by atoms with Gasteiger partial charge in [-0.05, 0) is 49.0 Å². The number of likely N-dealkylation sites (N-methyl/N-ethyl adjacent to an activating group) is 1. The van der Waals surface area contributed by atoms with E-state index in [2.05, 4.69) is 15.9 Å². The molecule has 15 heavy (non-hydrogen) atoms. The Bertz CT molecular complexity index is 350. The van der Waals surface area contributed by atoms with Crippen molar-refractivity contribution in [2.75, 3.05) is 7.05 Å². The third-order valence-corrected chi connectivity index (χ3v) is 3.01. The maximum Gasteiger partial charge on any atom is 0.320 e. The van der Waals surface area contributed by atoms with Crippen molar-refractivity contribution >= 4 is 21.9 Å². The molecule has 5 heteroatoms. The second-order valence-corrected chi connectivity index (χ2v) is 4.28. The van der Waals surface area contributed by atoms with E-state index in [1.807, 2.05) is 13.0 Å². The predicted octanol–water partition coefficient (Wildman–Crippen LogP) is 2.51. The van der Waals surface area contributed by atoms with Crippen molar-refractivity contribution in [2.45, 2.75) is 25.9 Å². The summed E-state index contributed by atoms with van der Waals surface area (Å²) in [5.41, 5.74) is 0. The van der Waals surface area contributed by atoms with Gasteiger partial charge in [-0.15, -0.1) is 0 Å². The summed E-state index contributed by atoms with van der Waals surface area (Å²) < 4.78 is 6.03. The van der Waals surface area contributed by atoms with Crippen molar-refractivity contribution in [3.8, 4) is 0 Å². The fraction of sp³-hybridized carbons (Fsp3) is 0.500. The van der Waals surface area contributed by atoms with E-state index in [0.29, 0.717) is 4.67 Å². The van der Waals surface area contributed by atoms with Crippen molar-refractivity contribution in [1.29, 1.82) is 0 Å². The van der Waals surface area contributed by atoms with Crippen molar-refractivity contribution in [1.82, 2.24) is 4.90 Å². The minimum atomic E-state index is -0.838. The molecule has 2 atom stereocenters. The molecule has 84 valence electrons. The number of nitrogens with zero attached hydrogens (tertiary/aromatic N) is 1. The molecule has 1 aromatic heterocycles. The Hall–Kier alpha value is -0.810. The second kappa shape index (κ2) is 4.81. The molecule has 0 saturated carbocycles. The van der Waals surface area contributed by atoms with E-state index in [-0.39, 0.29) is 6.04 Å². The first-order valence-corrected chi connectivity index (χ1v) is 5.42. The summed E-state index contributed by atoms with van der Waals surface area (Å²) in [6, 6.07) is 3.02. The lowest BCUT2D eigenvalue weighted by Crippen LogP contribution is -2.37. The Labute approximate surface area is 97.0 Å². The topological polar surface area (TPSA) is 53.7 Å². The van der Waals surface area contributed by atoms with Crippen molar-refractivity contribution in [3.05, 3.63) is 22.6 Å². The van der Waals surface area contributed by atoms with Gasteiger partial charge >= 0.3 is 5.97 Å². The summed E-state index contributed by atoms with van der Waals surface area (Å²) in [4.78, 5) is 12.5. The zero-order chi connectivity index (χ0) is 11.6. The van der Waals surface area contributed by atoms with Gasteiger partial charge in [0.05, 0.1) is 6.04 Å². The van der Waals surface area contributed by atoms with Gasteiger partial charge in [0.2, 0.25) is 0 Å². The van der Waals surface area contributed by atoms with Gasteiger partial charge in [0, 0.05) is 0 Å². The highest BCUT2D eigenvalue weighted by Gasteiger charge is 2.24. The number of carbonyl (C=O) groups is 1. The molecule has 0 fully saturated rings. The molecule has 0 aliphatic carbocycles. The molecule has 0 aromatic carbocycles. The predicted molar refractivity (Wildman–Crippen MR) is 59.7 cm³/mol. The number of aliphatic carboxylic acids is 1. The molecule has 1 heterocycles. The lowest BCUT2D eigenvalue weighted by Gasteiger charge is -2.26. The summed E-state index contributed by atoms with van der Waals surface area (Å²) in [5.74, 6) is -0.0903. The number of hydrogen-bond acceptors (Lipinski definition) is 3. The Morgan fingerprint density at radius 1 is 1.53 bits per heavy atom. The molecule has 0 amide bonds. The number of carboxylic acid groups (broad SMARTS) is 1. The lowest BCUT2D eigenvalue weighted by atomic mass is 10.2. The molecule has 0 bridgehead atoms. The molecule has 1 rings (SSSR count). The Morgan fingerprint density at radius 2 is 2.13 bits per heavy atom. The largest absolute Gasteiger partial charge is 0.480 e. The standard InChI is InChI=1S/C10H14BrNO3/c1-6(8-4-5-9(11)15-8)12(3)7(2)10(13)14/h4-7H,1-3H3,(H,13,14). The number of halogens is 1. The Morgan fingerprint density at radius 3 is 2.53 bits per heavy atom. The molecule has 0 radical (unpaired) electrons. The molecular formula is C10H14BrNO3. The van der Waals surface area contributed by atoms with Crippen LogP contribution in [-0.2, 0) is 4.79 Å². The Balaban J connectivity index is 2.76. The molecule has 0 spiro atoms. The highest BCUT2D eigenvalue weighted by molar-refractivity contribution is 9.10. The highest BCUT2D eigenvalue weighted by Crippen LogP contribution is 2.25. The first-order chi connectivity index (χ1) is 6.93. The fourth-order valence-corrected chi connectivity index (χ4v) is 1.58. The summed E-state index contributed by atoms with van der Waals surface area (Å²) in [6.07, 6.45) is 0. The second-order valence-electron chi connectivity index (χ2n) is 3.50. The molecule has 1 N–H and O–H groups in total. The van der Waals surface area contributed by atoms with Crippen LogP contribution in [0.25, 0.3) is 0 Å². The number of hydrogen-bond donors (Lipinski definition) is 1. The average Bonchev–Trinajstić information content (AvgIpc) is 2.61. The minimum Gasteiger partial charge on any atom is -0.480 e. The molecular weight excluding hydrogens is 262 g/mol. The number of furan rings is 1. The number of carboxylic acids is 1. The minimum absolute atomic E-state index is 0.0672. The first-order valence-electron chi connectivity index (χ1n) is 4.63. The van der Waals surface area contributed by atoms with Gasteiger partial charge < -0.3 is 9.52 Å². The van der Waals surface area contributed by atoms with Gasteiger partial charge in [0.1, 0.15) is 11.8 Å². The monoisotopic (exact) mass is 275 g/mol. The van der Waals surface area contributed by atoms with E-state index in [9.17, 15) is 4.79 Å². The quantitative estimate of drug-likeness (QED) is 0.918. The van der Waals surface area contributed by atoms with Gasteiger partial charge in [-0.25, -0.2) is 0 Å². The zero-order valence-electron chi connectivity index (χ0n) is 8.90. The molecule has 1 aromatic rings. The zero-order valence-corrected chi connectivity index (χ0v) is 10.5. The van der Waals surface area contributed by atoms with Crippen LogP contribution in [0.15, 0.2) is 21.2 Å².